The molecule has 27 heavy (non-hydrogen) atoms. The fraction of sp³-hybridized carbons (Fsp3) is 0.381. The smallest absolute Gasteiger partial charge is 0.243 e. The van der Waals surface area contributed by atoms with Crippen molar-refractivity contribution in [1.29, 1.82) is 0 Å². The van der Waals surface area contributed by atoms with E-state index >= 15 is 0 Å². The van der Waals surface area contributed by atoms with Gasteiger partial charge in [0.05, 0.1) is 4.90 Å². The lowest BCUT2D eigenvalue weighted by Crippen LogP contribution is -2.35. The van der Waals surface area contributed by atoms with Gasteiger partial charge in [0.15, 0.2) is 0 Å². The van der Waals surface area contributed by atoms with Crippen LogP contribution in [0.5, 0.6) is 0 Å². The van der Waals surface area contributed by atoms with Crippen LogP contribution in [0.15, 0.2) is 59.5 Å². The van der Waals surface area contributed by atoms with Crippen LogP contribution in [0.25, 0.3) is 0 Å². The first-order valence-corrected chi connectivity index (χ1v) is 10.9. The molecular weight excluding hydrogens is 360 g/mol. The third-order valence-electron chi connectivity index (χ3n) is 4.95. The van der Waals surface area contributed by atoms with Crippen LogP contribution in [0.3, 0.4) is 0 Å². The predicted molar refractivity (Wildman–Crippen MR) is 107 cm³/mol. The van der Waals surface area contributed by atoms with E-state index in [1.807, 2.05) is 37.3 Å². The van der Waals surface area contributed by atoms with Crippen molar-refractivity contribution in [3.63, 3.8) is 0 Å². The largest absolute Gasteiger partial charge is 0.326 e. The Bertz CT molecular complexity index is 858. The molecule has 0 aromatic heterocycles. The Kier molecular flexibility index (Phi) is 6.29. The number of rotatable bonds is 6. The highest BCUT2D eigenvalue weighted by Gasteiger charge is 2.25. The fourth-order valence-corrected chi connectivity index (χ4v) is 4.87. The molecule has 0 unspecified atom stereocenters. The van der Waals surface area contributed by atoms with Crippen molar-refractivity contribution < 1.29 is 13.2 Å². The van der Waals surface area contributed by atoms with Gasteiger partial charge in [-0.2, -0.15) is 4.31 Å². The first kappa shape index (κ1) is 19.6. The second kappa shape index (κ2) is 8.67. The summed E-state index contributed by atoms with van der Waals surface area (Å²) in [5, 5.41) is 2.85. The molecule has 1 atom stereocenters. The summed E-state index contributed by atoms with van der Waals surface area (Å²) in [6.45, 7) is 3.18. The molecule has 0 bridgehead atoms. The maximum absolute atomic E-state index is 12.7. The monoisotopic (exact) mass is 386 g/mol. The quantitative estimate of drug-likeness (QED) is 0.816. The van der Waals surface area contributed by atoms with Crippen molar-refractivity contribution in [3.05, 3.63) is 60.2 Å². The predicted octanol–water partition coefficient (Wildman–Crippen LogP) is 3.99. The number of anilines is 1. The summed E-state index contributed by atoms with van der Waals surface area (Å²) in [6.07, 6.45) is 3.27. The van der Waals surface area contributed by atoms with Crippen molar-refractivity contribution in [2.24, 2.45) is 0 Å². The van der Waals surface area contributed by atoms with Gasteiger partial charge in [0.1, 0.15) is 0 Å². The van der Waals surface area contributed by atoms with Gasteiger partial charge in [-0.25, -0.2) is 8.42 Å². The van der Waals surface area contributed by atoms with E-state index in [0.29, 0.717) is 25.2 Å². The van der Waals surface area contributed by atoms with Gasteiger partial charge in [-0.3, -0.25) is 4.79 Å². The Balaban J connectivity index is 1.61. The van der Waals surface area contributed by atoms with Gasteiger partial charge in [0, 0.05) is 25.2 Å². The lowest BCUT2D eigenvalue weighted by Gasteiger charge is -2.25. The topological polar surface area (TPSA) is 66.5 Å². The van der Waals surface area contributed by atoms with E-state index in [1.165, 1.54) is 0 Å². The summed E-state index contributed by atoms with van der Waals surface area (Å²) in [7, 11) is -3.44. The van der Waals surface area contributed by atoms with Gasteiger partial charge in [-0.15, -0.1) is 0 Å². The number of carbonyl (C=O) groups is 1. The summed E-state index contributed by atoms with van der Waals surface area (Å²) in [6, 6.07) is 16.4. The Morgan fingerprint density at radius 1 is 1.00 bits per heavy atom. The normalized spacial score (nSPS) is 16.6. The molecule has 1 N–H and O–H groups in total. The van der Waals surface area contributed by atoms with Crippen LogP contribution in [0.2, 0.25) is 0 Å². The summed E-state index contributed by atoms with van der Waals surface area (Å²) >= 11 is 0. The van der Waals surface area contributed by atoms with E-state index in [4.69, 9.17) is 0 Å². The van der Waals surface area contributed by atoms with Gasteiger partial charge >= 0.3 is 0 Å². The zero-order valence-corrected chi connectivity index (χ0v) is 16.4. The number of carbonyl (C=O) groups excluding carboxylic acids is 1. The number of piperidine rings is 1. The fourth-order valence-electron chi connectivity index (χ4n) is 3.35. The first-order valence-electron chi connectivity index (χ1n) is 9.42. The van der Waals surface area contributed by atoms with Gasteiger partial charge in [0.25, 0.3) is 0 Å². The van der Waals surface area contributed by atoms with Crippen molar-refractivity contribution in [3.8, 4) is 0 Å². The number of nitrogens with one attached hydrogen (secondary N) is 1. The zero-order valence-electron chi connectivity index (χ0n) is 15.6. The third-order valence-corrected chi connectivity index (χ3v) is 6.86. The molecule has 1 fully saturated rings. The van der Waals surface area contributed by atoms with E-state index in [9.17, 15) is 13.2 Å². The van der Waals surface area contributed by atoms with Crippen molar-refractivity contribution in [2.75, 3.05) is 18.4 Å². The number of amides is 1. The van der Waals surface area contributed by atoms with E-state index in [1.54, 1.807) is 28.6 Å². The van der Waals surface area contributed by atoms with Crippen LogP contribution in [0.1, 0.15) is 44.1 Å². The maximum Gasteiger partial charge on any atom is 0.243 e. The molecule has 6 heteroatoms. The molecule has 1 amide bonds. The van der Waals surface area contributed by atoms with Gasteiger partial charge in [0.2, 0.25) is 15.9 Å². The van der Waals surface area contributed by atoms with E-state index in [2.05, 4.69) is 5.32 Å². The maximum atomic E-state index is 12.7. The average molecular weight is 387 g/mol. The zero-order chi connectivity index (χ0) is 19.3. The lowest BCUT2D eigenvalue weighted by atomic mass is 9.97. The van der Waals surface area contributed by atoms with E-state index in [-0.39, 0.29) is 16.7 Å². The number of hydrogen-bond acceptors (Lipinski definition) is 3. The minimum absolute atomic E-state index is 0.0852. The van der Waals surface area contributed by atoms with Crippen molar-refractivity contribution >= 4 is 21.6 Å². The molecule has 144 valence electrons. The second-order valence-corrected chi connectivity index (χ2v) is 8.99. The molecule has 1 aliphatic rings. The van der Waals surface area contributed by atoms with Crippen molar-refractivity contribution in [2.45, 2.75) is 43.4 Å². The number of benzene rings is 2. The minimum Gasteiger partial charge on any atom is -0.326 e. The molecule has 0 spiro atoms. The standard InChI is InChI=1S/C21H26N2O3S/c1-17(18-8-4-2-5-9-18)16-21(24)22-19-10-12-20(13-11-19)27(25,26)23-14-6-3-7-15-23/h2,4-5,8-13,17H,3,6-7,14-16H2,1H3,(H,22,24)/t17-/m1/s1. The Morgan fingerprint density at radius 3 is 2.26 bits per heavy atom. The van der Waals surface area contributed by atoms with Crippen LogP contribution in [-0.4, -0.2) is 31.7 Å². The van der Waals surface area contributed by atoms with Crippen LogP contribution in [0.4, 0.5) is 5.69 Å². The van der Waals surface area contributed by atoms with Crippen LogP contribution in [-0.2, 0) is 14.8 Å². The summed E-state index contributed by atoms with van der Waals surface area (Å²) in [5.74, 6) is 0.0305. The number of sulfonamides is 1. The van der Waals surface area contributed by atoms with Crippen LogP contribution in [0, 0.1) is 0 Å². The summed E-state index contributed by atoms with van der Waals surface area (Å²) in [4.78, 5) is 12.6. The number of nitrogens with zero attached hydrogens (tertiary/aromatic N) is 1. The molecule has 0 saturated carbocycles. The highest BCUT2D eigenvalue weighted by atomic mass is 32.2. The van der Waals surface area contributed by atoms with E-state index in [0.717, 1.165) is 24.8 Å². The minimum atomic E-state index is -3.44. The first-order chi connectivity index (χ1) is 13.0. The summed E-state index contributed by atoms with van der Waals surface area (Å²) in [5.41, 5.74) is 1.73. The van der Waals surface area contributed by atoms with Crippen LogP contribution >= 0.6 is 0 Å². The Labute approximate surface area is 161 Å². The highest BCUT2D eigenvalue weighted by molar-refractivity contribution is 7.89. The average Bonchev–Trinajstić information content (AvgIpc) is 2.69. The van der Waals surface area contributed by atoms with Crippen molar-refractivity contribution in [1.82, 2.24) is 4.31 Å². The Hall–Kier alpha value is -2.18. The van der Waals surface area contributed by atoms with Gasteiger partial charge in [-0.05, 0) is 48.6 Å². The van der Waals surface area contributed by atoms with E-state index < -0.39 is 10.0 Å². The Morgan fingerprint density at radius 2 is 1.63 bits per heavy atom. The molecule has 3 rings (SSSR count). The molecular formula is C21H26N2O3S. The van der Waals surface area contributed by atoms with Gasteiger partial charge in [-0.1, -0.05) is 43.7 Å². The molecule has 1 saturated heterocycles. The molecule has 1 heterocycles. The van der Waals surface area contributed by atoms with Crippen LogP contribution < -0.4 is 5.32 Å². The molecule has 1 aliphatic heterocycles. The number of hydrogen-bond donors (Lipinski definition) is 1. The molecule has 0 aliphatic carbocycles. The molecule has 2 aromatic rings. The molecule has 0 radical (unpaired) electrons. The lowest BCUT2D eigenvalue weighted by molar-refractivity contribution is -0.116. The summed E-state index contributed by atoms with van der Waals surface area (Å²) < 4.78 is 26.9. The van der Waals surface area contributed by atoms with Gasteiger partial charge < -0.3 is 5.32 Å². The molecule has 2 aromatic carbocycles. The SMILES string of the molecule is C[C@H](CC(=O)Nc1ccc(S(=O)(=O)N2CCCCC2)cc1)c1ccccc1. The molecule has 5 nitrogen and oxygen atoms in total. The highest BCUT2D eigenvalue weighted by Crippen LogP contribution is 2.23. The second-order valence-electron chi connectivity index (χ2n) is 7.05. The third kappa shape index (κ3) is 4.96.